The summed E-state index contributed by atoms with van der Waals surface area (Å²) < 4.78 is 43.2. The Morgan fingerprint density at radius 3 is 2.52 bits per heavy atom. The fourth-order valence-electron chi connectivity index (χ4n) is 4.14. The topological polar surface area (TPSA) is 128 Å². The number of amidine groups is 1. The predicted octanol–water partition coefficient (Wildman–Crippen LogP) is 2.62. The number of amides is 1. The lowest BCUT2D eigenvalue weighted by Gasteiger charge is -2.31. The Balaban J connectivity index is 1.28. The lowest BCUT2D eigenvalue weighted by Crippen LogP contribution is -2.40. The summed E-state index contributed by atoms with van der Waals surface area (Å²) in [5, 5.41) is 9.44. The van der Waals surface area contributed by atoms with E-state index in [2.05, 4.69) is 30.3 Å². The highest BCUT2D eigenvalue weighted by Crippen LogP contribution is 2.40. The third kappa shape index (κ3) is 4.14. The van der Waals surface area contributed by atoms with Gasteiger partial charge in [-0.2, -0.15) is 8.42 Å². The number of aromatic nitrogens is 2. The lowest BCUT2D eigenvalue weighted by atomic mass is 9.91. The summed E-state index contributed by atoms with van der Waals surface area (Å²) in [5.74, 6) is -0.256. The van der Waals surface area contributed by atoms with Crippen LogP contribution in [0.2, 0.25) is 0 Å². The van der Waals surface area contributed by atoms with Crippen molar-refractivity contribution in [2.75, 3.05) is 10.6 Å². The summed E-state index contributed by atoms with van der Waals surface area (Å²) in [6.07, 6.45) is 7.78. The quantitative estimate of drug-likeness (QED) is 0.559. The number of halogens is 1. The Morgan fingerprint density at radius 1 is 1.10 bits per heavy atom. The summed E-state index contributed by atoms with van der Waals surface area (Å²) in [4.78, 5) is 18.7. The molecule has 2 heterocycles. The van der Waals surface area contributed by atoms with Gasteiger partial charge in [-0.25, -0.2) is 9.37 Å². The van der Waals surface area contributed by atoms with Crippen molar-refractivity contribution in [2.45, 2.75) is 55.5 Å². The third-order valence-electron chi connectivity index (χ3n) is 5.95. The molecule has 0 spiro atoms. The molecule has 0 saturated heterocycles. The van der Waals surface area contributed by atoms with Gasteiger partial charge in [0.15, 0.2) is 0 Å². The molecule has 1 aliphatic heterocycles. The number of fused-ring (bicyclic) bond motifs is 1. The van der Waals surface area contributed by atoms with Crippen molar-refractivity contribution in [3.63, 3.8) is 0 Å². The average Bonchev–Trinajstić information content (AvgIpc) is 3.43. The summed E-state index contributed by atoms with van der Waals surface area (Å²) in [6.45, 7) is 0. The van der Waals surface area contributed by atoms with Crippen molar-refractivity contribution in [3.8, 4) is 0 Å². The molecule has 4 N–H and O–H groups in total. The Labute approximate surface area is 179 Å². The zero-order valence-corrected chi connectivity index (χ0v) is 17.5. The van der Waals surface area contributed by atoms with E-state index in [4.69, 9.17) is 0 Å². The maximum absolute atomic E-state index is 14.2. The second kappa shape index (κ2) is 7.63. The number of carbonyl (C=O) groups is 1. The number of nitrogens with zero attached hydrogens (tertiary/aromatic N) is 2. The molecule has 1 aromatic carbocycles. The van der Waals surface area contributed by atoms with Crippen molar-refractivity contribution in [1.29, 1.82) is 0 Å². The van der Waals surface area contributed by atoms with E-state index >= 15 is 0 Å². The number of anilines is 2. The van der Waals surface area contributed by atoms with Gasteiger partial charge >= 0.3 is 0 Å². The molecule has 2 fully saturated rings. The molecule has 0 unspecified atom stereocenters. The van der Waals surface area contributed by atoms with E-state index in [0.717, 1.165) is 44.6 Å². The zero-order valence-electron chi connectivity index (χ0n) is 16.7. The highest BCUT2D eigenvalue weighted by molar-refractivity contribution is 7.90. The fourth-order valence-corrected chi connectivity index (χ4v) is 5.37. The van der Waals surface area contributed by atoms with Crippen molar-refractivity contribution < 1.29 is 17.6 Å². The van der Waals surface area contributed by atoms with Crippen molar-refractivity contribution >= 4 is 33.1 Å². The van der Waals surface area contributed by atoms with Crippen LogP contribution < -0.4 is 16.0 Å². The molecule has 1 aromatic heterocycles. The van der Waals surface area contributed by atoms with Crippen LogP contribution in [0.3, 0.4) is 0 Å². The molecule has 1 amide bonds. The van der Waals surface area contributed by atoms with Crippen LogP contribution in [-0.4, -0.2) is 42.2 Å². The fraction of sp³-hybridized carbons (Fsp3) is 0.450. The van der Waals surface area contributed by atoms with Crippen LogP contribution in [0.1, 0.15) is 49.0 Å². The summed E-state index contributed by atoms with van der Waals surface area (Å²) in [7, 11) is -3.94. The Bertz CT molecular complexity index is 1140. The van der Waals surface area contributed by atoms with Crippen molar-refractivity contribution in [3.05, 3.63) is 36.2 Å². The molecule has 2 aliphatic carbocycles. The van der Waals surface area contributed by atoms with Crippen LogP contribution in [0.5, 0.6) is 0 Å². The van der Waals surface area contributed by atoms with Gasteiger partial charge in [-0.15, -0.1) is 4.40 Å². The summed E-state index contributed by atoms with van der Waals surface area (Å²) in [6, 6.07) is 2.42. The van der Waals surface area contributed by atoms with Gasteiger partial charge in [-0.3, -0.25) is 4.79 Å². The number of rotatable bonds is 5. The van der Waals surface area contributed by atoms with Crippen molar-refractivity contribution in [1.82, 2.24) is 15.3 Å². The van der Waals surface area contributed by atoms with Crippen LogP contribution in [0.4, 0.5) is 15.8 Å². The molecule has 31 heavy (non-hydrogen) atoms. The number of hydrogen-bond acceptors (Lipinski definition) is 6. The van der Waals surface area contributed by atoms with Crippen molar-refractivity contribution in [2.24, 2.45) is 10.3 Å². The summed E-state index contributed by atoms with van der Waals surface area (Å²) >= 11 is 0. The molecule has 5 rings (SSSR count). The number of nitrogens with one attached hydrogen (secondary N) is 4. The Kier molecular flexibility index (Phi) is 4.92. The second-order valence-corrected chi connectivity index (χ2v) is 9.88. The molecule has 164 valence electrons. The van der Waals surface area contributed by atoms with Crippen LogP contribution in [-0.2, 0) is 10.0 Å². The maximum Gasteiger partial charge on any atom is 0.286 e. The molecule has 0 radical (unpaired) electrons. The smallest absolute Gasteiger partial charge is 0.286 e. The number of sulfonamides is 1. The van der Waals surface area contributed by atoms with Gasteiger partial charge in [0.05, 0.1) is 23.9 Å². The minimum absolute atomic E-state index is 0.0407. The molecule has 3 aliphatic rings. The largest absolute Gasteiger partial charge is 0.381 e. The van der Waals surface area contributed by atoms with Gasteiger partial charge in [-0.05, 0) is 50.7 Å². The van der Waals surface area contributed by atoms with E-state index in [1.54, 1.807) is 0 Å². The molecule has 11 heteroatoms. The lowest BCUT2D eigenvalue weighted by molar-refractivity contribution is 0.0922. The maximum atomic E-state index is 14.2. The van der Waals surface area contributed by atoms with Crippen LogP contribution in [0, 0.1) is 11.7 Å². The van der Waals surface area contributed by atoms with Gasteiger partial charge in [0.25, 0.3) is 15.9 Å². The minimum atomic E-state index is -3.94. The first-order valence-corrected chi connectivity index (χ1v) is 11.8. The molecular weight excluding hydrogens is 423 g/mol. The minimum Gasteiger partial charge on any atom is -0.381 e. The SMILES string of the molecule is O=C(NC1CCC(Nc2cc(F)cc3c2NC(C2CC2)=NS3(=O)=O)CC1)c1cnc[nH]1. The molecule has 0 bridgehead atoms. The van der Waals surface area contributed by atoms with Gasteiger partial charge in [0.1, 0.15) is 22.2 Å². The normalized spacial score (nSPS) is 24.5. The predicted molar refractivity (Wildman–Crippen MR) is 113 cm³/mol. The van der Waals surface area contributed by atoms with Gasteiger partial charge in [0.2, 0.25) is 0 Å². The number of carbonyl (C=O) groups excluding carboxylic acids is 1. The van der Waals surface area contributed by atoms with Gasteiger partial charge < -0.3 is 20.9 Å². The average molecular weight is 447 g/mol. The monoisotopic (exact) mass is 446 g/mol. The van der Waals surface area contributed by atoms with E-state index in [1.807, 2.05) is 0 Å². The zero-order chi connectivity index (χ0) is 21.6. The first kappa shape index (κ1) is 20.0. The van der Waals surface area contributed by atoms with Crippen LogP contribution in [0.25, 0.3) is 0 Å². The molecule has 9 nitrogen and oxygen atoms in total. The number of imidazole rings is 1. The Morgan fingerprint density at radius 2 is 1.84 bits per heavy atom. The number of benzene rings is 1. The molecular formula is C20H23FN6O3S. The van der Waals surface area contributed by atoms with Gasteiger partial charge in [-0.1, -0.05) is 0 Å². The van der Waals surface area contributed by atoms with E-state index < -0.39 is 15.8 Å². The van der Waals surface area contributed by atoms with E-state index in [0.29, 0.717) is 22.9 Å². The molecule has 2 aromatic rings. The first-order chi connectivity index (χ1) is 14.9. The summed E-state index contributed by atoms with van der Waals surface area (Å²) in [5.41, 5.74) is 1.22. The van der Waals surface area contributed by atoms with Crippen LogP contribution in [0.15, 0.2) is 34.0 Å². The van der Waals surface area contributed by atoms with E-state index in [1.165, 1.54) is 18.6 Å². The Hall–Kier alpha value is -2.95. The number of aromatic amines is 1. The standard InChI is InChI=1S/C20H23FN6O3S/c21-12-7-15(18-17(8-12)31(29,30)27-19(26-18)11-1-2-11)24-13-3-5-14(6-4-13)25-20(28)16-9-22-10-23-16/h7-11,13-14,24H,1-6H2,(H,22,23)(H,25,28)(H,26,27). The third-order valence-corrected chi connectivity index (χ3v) is 7.26. The first-order valence-electron chi connectivity index (χ1n) is 10.4. The second-order valence-electron chi connectivity index (χ2n) is 8.31. The molecule has 0 atom stereocenters. The van der Waals surface area contributed by atoms with E-state index in [9.17, 15) is 17.6 Å². The number of H-pyrrole nitrogens is 1. The molecule has 2 saturated carbocycles. The highest BCUT2D eigenvalue weighted by atomic mass is 32.2. The van der Waals surface area contributed by atoms with Gasteiger partial charge in [0, 0.05) is 18.0 Å². The number of hydrogen-bond donors (Lipinski definition) is 4. The van der Waals surface area contributed by atoms with Crippen LogP contribution >= 0.6 is 0 Å². The highest BCUT2D eigenvalue weighted by Gasteiger charge is 2.36. The van der Waals surface area contributed by atoms with E-state index in [-0.39, 0.29) is 28.8 Å².